The molecule has 0 amide bonds. The quantitative estimate of drug-likeness (QED) is 0.436. The first-order valence-corrected chi connectivity index (χ1v) is 5.19. The minimum atomic E-state index is 0.464. The maximum Gasteiger partial charge on any atom is 0.107 e. The average Bonchev–Trinajstić information content (AvgIpc) is 2.70. The fourth-order valence-corrected chi connectivity index (χ4v) is 1.74. The summed E-state index contributed by atoms with van der Waals surface area (Å²) in [6, 6.07) is 8.33. The molecule has 0 aliphatic rings. The molecule has 0 unspecified atom stereocenters. The average molecular weight is 217 g/mol. The number of hydrogen-bond donors (Lipinski definition) is 0. The van der Waals surface area contributed by atoms with Gasteiger partial charge in [0, 0.05) is 18.3 Å². The molecule has 0 saturated carbocycles. The van der Waals surface area contributed by atoms with Crippen molar-refractivity contribution in [3.05, 3.63) is 48.7 Å². The largest absolute Gasteiger partial charge is 0.344 e. The van der Waals surface area contributed by atoms with Crippen molar-refractivity contribution >= 4 is 10.9 Å². The molecule has 2 aromatic rings. The van der Waals surface area contributed by atoms with Crippen LogP contribution >= 0.6 is 0 Å². The molecule has 1 aromatic heterocycles. The van der Waals surface area contributed by atoms with Crippen LogP contribution < -0.4 is 0 Å². The van der Waals surface area contributed by atoms with Crippen molar-refractivity contribution in [2.24, 2.45) is 0 Å². The third kappa shape index (κ3) is 2.15. The Balaban J connectivity index is 2.33. The van der Waals surface area contributed by atoms with Gasteiger partial charge < -0.3 is 4.57 Å². The van der Waals surface area contributed by atoms with Crippen LogP contribution in [0, 0.1) is 0 Å². The first-order chi connectivity index (χ1) is 7.85. The maximum absolute atomic E-state index is 4.92. The molecule has 0 saturated heterocycles. The number of aromatic nitrogens is 1. The minimum Gasteiger partial charge on any atom is -0.344 e. The molecule has 1 heterocycles. The second kappa shape index (κ2) is 4.96. The molecule has 2 rings (SSSR count). The van der Waals surface area contributed by atoms with Gasteiger partial charge in [-0.05, 0) is 23.1 Å². The molecule has 3 heteroatoms. The molecular weight excluding hydrogens is 202 g/mol. The van der Waals surface area contributed by atoms with Crippen molar-refractivity contribution in [3.8, 4) is 0 Å². The summed E-state index contributed by atoms with van der Waals surface area (Å²) in [4.78, 5) is 9.51. The van der Waals surface area contributed by atoms with Gasteiger partial charge in [0.05, 0.1) is 7.11 Å². The summed E-state index contributed by atoms with van der Waals surface area (Å²) in [6.45, 7) is 5.03. The number of benzene rings is 1. The number of allylic oxidation sites excluding steroid dienone is 1. The highest BCUT2D eigenvalue weighted by Gasteiger charge is 2.01. The molecule has 1 aromatic carbocycles. The lowest BCUT2D eigenvalue weighted by atomic mass is 10.2. The predicted molar refractivity (Wildman–Crippen MR) is 63.9 cm³/mol. The standard InChI is InChI=1S/C13H15NO2/c1-3-7-14-8-6-12-5-4-11(9-13(12)14)10-16-15-2/h3-6,8-9H,1,7,10H2,2H3. The third-order valence-corrected chi connectivity index (χ3v) is 2.51. The molecule has 0 N–H and O–H groups in total. The zero-order valence-corrected chi connectivity index (χ0v) is 9.35. The van der Waals surface area contributed by atoms with Crippen molar-refractivity contribution in [1.29, 1.82) is 0 Å². The minimum absolute atomic E-state index is 0.464. The Hall–Kier alpha value is -1.58. The molecule has 0 atom stereocenters. The van der Waals surface area contributed by atoms with E-state index in [1.54, 1.807) is 0 Å². The van der Waals surface area contributed by atoms with Crippen LogP contribution in [0.3, 0.4) is 0 Å². The van der Waals surface area contributed by atoms with Crippen LogP contribution in [0.2, 0.25) is 0 Å². The first-order valence-electron chi connectivity index (χ1n) is 5.19. The summed E-state index contributed by atoms with van der Waals surface area (Å²) in [5, 5.41) is 1.23. The first kappa shape index (κ1) is 10.9. The number of rotatable bonds is 5. The van der Waals surface area contributed by atoms with Gasteiger partial charge in [-0.1, -0.05) is 18.2 Å². The van der Waals surface area contributed by atoms with E-state index < -0.39 is 0 Å². The van der Waals surface area contributed by atoms with Gasteiger partial charge in [-0.25, -0.2) is 9.78 Å². The van der Waals surface area contributed by atoms with E-state index >= 15 is 0 Å². The Labute approximate surface area is 94.8 Å². The molecular formula is C13H15NO2. The van der Waals surface area contributed by atoms with Gasteiger partial charge in [0.15, 0.2) is 0 Å². The Morgan fingerprint density at radius 2 is 2.25 bits per heavy atom. The van der Waals surface area contributed by atoms with E-state index in [1.165, 1.54) is 18.0 Å². The van der Waals surface area contributed by atoms with Crippen molar-refractivity contribution in [2.45, 2.75) is 13.2 Å². The highest BCUT2D eigenvalue weighted by molar-refractivity contribution is 5.80. The van der Waals surface area contributed by atoms with Gasteiger partial charge >= 0.3 is 0 Å². The highest BCUT2D eigenvalue weighted by Crippen LogP contribution is 2.18. The molecule has 0 aliphatic carbocycles. The fourth-order valence-electron chi connectivity index (χ4n) is 1.74. The summed E-state index contributed by atoms with van der Waals surface area (Å²) < 4.78 is 2.15. The van der Waals surface area contributed by atoms with Gasteiger partial charge in [-0.15, -0.1) is 6.58 Å². The van der Waals surface area contributed by atoms with E-state index in [9.17, 15) is 0 Å². The van der Waals surface area contributed by atoms with Gasteiger partial charge in [0.25, 0.3) is 0 Å². The molecule has 0 bridgehead atoms. The molecule has 3 nitrogen and oxygen atoms in total. The predicted octanol–water partition coefficient (Wildman–Crippen LogP) is 2.91. The van der Waals surface area contributed by atoms with E-state index in [4.69, 9.17) is 4.89 Å². The van der Waals surface area contributed by atoms with E-state index in [-0.39, 0.29) is 0 Å². The third-order valence-electron chi connectivity index (χ3n) is 2.51. The topological polar surface area (TPSA) is 23.4 Å². The lowest BCUT2D eigenvalue weighted by Crippen LogP contribution is -1.94. The second-order valence-electron chi connectivity index (χ2n) is 3.58. The molecule has 0 radical (unpaired) electrons. The molecule has 84 valence electrons. The van der Waals surface area contributed by atoms with E-state index in [0.717, 1.165) is 12.1 Å². The van der Waals surface area contributed by atoms with Crippen LogP contribution in [0.15, 0.2) is 43.1 Å². The Morgan fingerprint density at radius 3 is 3.00 bits per heavy atom. The summed E-state index contributed by atoms with van der Waals surface area (Å²) in [5.74, 6) is 0. The Morgan fingerprint density at radius 1 is 1.38 bits per heavy atom. The summed E-state index contributed by atoms with van der Waals surface area (Å²) >= 11 is 0. The van der Waals surface area contributed by atoms with Crippen molar-refractivity contribution < 1.29 is 9.78 Å². The smallest absolute Gasteiger partial charge is 0.107 e. The molecule has 0 fully saturated rings. The summed E-state index contributed by atoms with van der Waals surface area (Å²) in [6.07, 6.45) is 3.95. The fraction of sp³-hybridized carbons (Fsp3) is 0.231. The summed E-state index contributed by atoms with van der Waals surface area (Å²) in [5.41, 5.74) is 2.29. The molecule has 0 aliphatic heterocycles. The maximum atomic E-state index is 4.92. The normalized spacial score (nSPS) is 10.8. The number of nitrogens with zero attached hydrogens (tertiary/aromatic N) is 1. The number of hydrogen-bond acceptors (Lipinski definition) is 2. The monoisotopic (exact) mass is 217 g/mol. The van der Waals surface area contributed by atoms with Crippen molar-refractivity contribution in [2.75, 3.05) is 7.11 Å². The lowest BCUT2D eigenvalue weighted by molar-refractivity contribution is -0.282. The zero-order valence-electron chi connectivity index (χ0n) is 9.35. The van der Waals surface area contributed by atoms with Crippen LogP contribution in [0.4, 0.5) is 0 Å². The van der Waals surface area contributed by atoms with Crippen LogP contribution in [0.1, 0.15) is 5.56 Å². The summed E-state index contributed by atoms with van der Waals surface area (Å²) in [7, 11) is 1.51. The lowest BCUT2D eigenvalue weighted by Gasteiger charge is -2.04. The van der Waals surface area contributed by atoms with Crippen LogP contribution in [0.5, 0.6) is 0 Å². The van der Waals surface area contributed by atoms with Gasteiger partial charge in [-0.2, -0.15) is 0 Å². The van der Waals surface area contributed by atoms with E-state index in [2.05, 4.69) is 40.4 Å². The second-order valence-corrected chi connectivity index (χ2v) is 3.58. The SMILES string of the molecule is C=CCn1ccc2ccc(COOC)cc21. The van der Waals surface area contributed by atoms with Crippen molar-refractivity contribution in [1.82, 2.24) is 4.57 Å². The van der Waals surface area contributed by atoms with E-state index in [0.29, 0.717) is 6.61 Å². The van der Waals surface area contributed by atoms with Gasteiger partial charge in [0.2, 0.25) is 0 Å². The Bertz CT molecular complexity index is 488. The number of fused-ring (bicyclic) bond motifs is 1. The highest BCUT2D eigenvalue weighted by atomic mass is 17.2. The van der Waals surface area contributed by atoms with Crippen LogP contribution in [0.25, 0.3) is 10.9 Å². The van der Waals surface area contributed by atoms with Crippen LogP contribution in [-0.2, 0) is 22.9 Å². The zero-order chi connectivity index (χ0) is 11.4. The molecule has 16 heavy (non-hydrogen) atoms. The van der Waals surface area contributed by atoms with Crippen LogP contribution in [-0.4, -0.2) is 11.7 Å². The van der Waals surface area contributed by atoms with Gasteiger partial charge in [0.1, 0.15) is 6.61 Å². The van der Waals surface area contributed by atoms with Crippen molar-refractivity contribution in [3.63, 3.8) is 0 Å². The van der Waals surface area contributed by atoms with E-state index in [1.807, 2.05) is 12.1 Å². The Kier molecular flexibility index (Phi) is 3.39. The molecule has 0 spiro atoms. The van der Waals surface area contributed by atoms with Gasteiger partial charge in [-0.3, -0.25) is 0 Å².